The maximum Gasteiger partial charge on any atom is 0.306 e. The molecule has 0 saturated heterocycles. The van der Waals surface area contributed by atoms with E-state index in [0.717, 1.165) is 6.42 Å². The van der Waals surface area contributed by atoms with Gasteiger partial charge in [-0.15, -0.1) is 0 Å². The fraction of sp³-hybridized carbons (Fsp3) is 0.800. The Labute approximate surface area is 83.9 Å². The van der Waals surface area contributed by atoms with Gasteiger partial charge in [-0.25, -0.2) is 0 Å². The first kappa shape index (κ1) is 12.9. The number of hydrogen-bond donors (Lipinski definition) is 2. The van der Waals surface area contributed by atoms with E-state index in [9.17, 15) is 9.59 Å². The third-order valence-corrected chi connectivity index (χ3v) is 2.45. The minimum atomic E-state index is -0.813. The van der Waals surface area contributed by atoms with E-state index in [0.29, 0.717) is 12.8 Å². The predicted octanol–water partition coefficient (Wildman–Crippen LogP) is 1.99. The minimum Gasteiger partial charge on any atom is -0.481 e. The molecule has 0 aliphatic carbocycles. The summed E-state index contributed by atoms with van der Waals surface area (Å²) >= 11 is 0. The molecular formula is C10H18O4. The second-order valence-electron chi connectivity index (χ2n) is 3.68. The van der Waals surface area contributed by atoms with Crippen LogP contribution >= 0.6 is 0 Å². The lowest BCUT2D eigenvalue weighted by atomic mass is 9.90. The van der Waals surface area contributed by atoms with E-state index >= 15 is 0 Å². The lowest BCUT2D eigenvalue weighted by Crippen LogP contribution is -2.15. The van der Waals surface area contributed by atoms with Crippen LogP contribution in [-0.2, 0) is 9.59 Å². The molecule has 2 atom stereocenters. The largest absolute Gasteiger partial charge is 0.481 e. The standard InChI is InChI=1S/C10H18O4/c1-3-8(4-5-9(11)12)6-7(2)10(13)14/h7-8H,3-6H2,1-2H3,(H,11,12)(H,13,14). The summed E-state index contributed by atoms with van der Waals surface area (Å²) in [5.74, 6) is -1.80. The molecule has 2 N–H and O–H groups in total. The second-order valence-corrected chi connectivity index (χ2v) is 3.68. The highest BCUT2D eigenvalue weighted by molar-refractivity contribution is 5.69. The summed E-state index contributed by atoms with van der Waals surface area (Å²) in [5, 5.41) is 17.2. The third kappa shape index (κ3) is 5.56. The SMILES string of the molecule is CCC(CCC(=O)O)CC(C)C(=O)O. The van der Waals surface area contributed by atoms with Gasteiger partial charge >= 0.3 is 11.9 Å². The quantitative estimate of drug-likeness (QED) is 0.662. The Morgan fingerprint density at radius 2 is 1.86 bits per heavy atom. The molecule has 0 saturated carbocycles. The smallest absolute Gasteiger partial charge is 0.306 e. The minimum absolute atomic E-state index is 0.130. The van der Waals surface area contributed by atoms with Gasteiger partial charge in [0.15, 0.2) is 0 Å². The number of carboxylic acids is 2. The molecule has 0 spiro atoms. The van der Waals surface area contributed by atoms with Crippen LogP contribution in [0.3, 0.4) is 0 Å². The van der Waals surface area contributed by atoms with Crippen LogP contribution in [0.5, 0.6) is 0 Å². The summed E-state index contributed by atoms with van der Waals surface area (Å²) in [6, 6.07) is 0. The van der Waals surface area contributed by atoms with Gasteiger partial charge in [-0.3, -0.25) is 9.59 Å². The van der Waals surface area contributed by atoms with Crippen LogP contribution in [0.25, 0.3) is 0 Å². The van der Waals surface area contributed by atoms with Crippen molar-refractivity contribution < 1.29 is 19.8 Å². The van der Waals surface area contributed by atoms with E-state index in [1.54, 1.807) is 6.92 Å². The first-order valence-corrected chi connectivity index (χ1v) is 4.92. The van der Waals surface area contributed by atoms with Gasteiger partial charge in [-0.2, -0.15) is 0 Å². The molecular weight excluding hydrogens is 184 g/mol. The summed E-state index contributed by atoms with van der Waals surface area (Å²) in [7, 11) is 0. The normalized spacial score (nSPS) is 14.7. The second kappa shape index (κ2) is 6.40. The molecule has 0 aromatic heterocycles. The molecule has 0 aromatic rings. The van der Waals surface area contributed by atoms with Crippen molar-refractivity contribution >= 4 is 11.9 Å². The van der Waals surface area contributed by atoms with E-state index in [1.165, 1.54) is 0 Å². The van der Waals surface area contributed by atoms with Crippen LogP contribution in [0.1, 0.15) is 39.5 Å². The van der Waals surface area contributed by atoms with E-state index < -0.39 is 11.9 Å². The van der Waals surface area contributed by atoms with Gasteiger partial charge < -0.3 is 10.2 Å². The van der Waals surface area contributed by atoms with Gasteiger partial charge in [0.25, 0.3) is 0 Å². The molecule has 4 heteroatoms. The van der Waals surface area contributed by atoms with Crippen LogP contribution in [-0.4, -0.2) is 22.2 Å². The maximum atomic E-state index is 10.6. The fourth-order valence-corrected chi connectivity index (χ4v) is 1.42. The molecule has 2 unspecified atom stereocenters. The van der Waals surface area contributed by atoms with Gasteiger partial charge in [0.05, 0.1) is 5.92 Å². The number of carbonyl (C=O) groups is 2. The zero-order chi connectivity index (χ0) is 11.1. The van der Waals surface area contributed by atoms with Crippen LogP contribution in [0, 0.1) is 11.8 Å². The van der Waals surface area contributed by atoms with Crippen LogP contribution < -0.4 is 0 Å². The first-order chi connectivity index (χ1) is 6.47. The first-order valence-electron chi connectivity index (χ1n) is 4.92. The number of rotatable bonds is 7. The molecule has 0 aliphatic heterocycles. The number of hydrogen-bond acceptors (Lipinski definition) is 2. The molecule has 0 amide bonds. The highest BCUT2D eigenvalue weighted by atomic mass is 16.4. The van der Waals surface area contributed by atoms with E-state index in [4.69, 9.17) is 10.2 Å². The van der Waals surface area contributed by atoms with Crippen molar-refractivity contribution in [2.75, 3.05) is 0 Å². The maximum absolute atomic E-state index is 10.6. The van der Waals surface area contributed by atoms with Crippen molar-refractivity contribution in [3.8, 4) is 0 Å². The Balaban J connectivity index is 3.90. The predicted molar refractivity (Wildman–Crippen MR) is 52.1 cm³/mol. The number of carboxylic acid groups (broad SMARTS) is 2. The highest BCUT2D eigenvalue weighted by Gasteiger charge is 2.17. The van der Waals surface area contributed by atoms with Gasteiger partial charge in [0, 0.05) is 6.42 Å². The van der Waals surface area contributed by atoms with Crippen LogP contribution in [0.4, 0.5) is 0 Å². The molecule has 0 rings (SSSR count). The fourth-order valence-electron chi connectivity index (χ4n) is 1.42. The zero-order valence-corrected chi connectivity index (χ0v) is 8.69. The molecule has 82 valence electrons. The average molecular weight is 202 g/mol. The monoisotopic (exact) mass is 202 g/mol. The Morgan fingerprint density at radius 1 is 1.29 bits per heavy atom. The molecule has 0 fully saturated rings. The Morgan fingerprint density at radius 3 is 2.21 bits per heavy atom. The number of aliphatic carboxylic acids is 2. The van der Waals surface area contributed by atoms with Crippen molar-refractivity contribution in [2.45, 2.75) is 39.5 Å². The van der Waals surface area contributed by atoms with Crippen molar-refractivity contribution in [2.24, 2.45) is 11.8 Å². The van der Waals surface area contributed by atoms with Crippen molar-refractivity contribution in [3.05, 3.63) is 0 Å². The zero-order valence-electron chi connectivity index (χ0n) is 8.69. The molecule has 14 heavy (non-hydrogen) atoms. The summed E-state index contributed by atoms with van der Waals surface area (Å²) in [6.45, 7) is 3.62. The Bertz CT molecular complexity index is 200. The van der Waals surface area contributed by atoms with Crippen LogP contribution in [0.15, 0.2) is 0 Å². The summed E-state index contributed by atoms with van der Waals surface area (Å²) < 4.78 is 0. The Kier molecular flexibility index (Phi) is 5.92. The highest BCUT2D eigenvalue weighted by Crippen LogP contribution is 2.20. The summed E-state index contributed by atoms with van der Waals surface area (Å²) in [4.78, 5) is 20.9. The van der Waals surface area contributed by atoms with Gasteiger partial charge in [0.2, 0.25) is 0 Å². The summed E-state index contributed by atoms with van der Waals surface area (Å²) in [5.41, 5.74) is 0. The lowest BCUT2D eigenvalue weighted by Gasteiger charge is -2.15. The van der Waals surface area contributed by atoms with E-state index in [2.05, 4.69) is 0 Å². The van der Waals surface area contributed by atoms with Crippen molar-refractivity contribution in [3.63, 3.8) is 0 Å². The van der Waals surface area contributed by atoms with Crippen molar-refractivity contribution in [1.29, 1.82) is 0 Å². The third-order valence-electron chi connectivity index (χ3n) is 2.45. The Hall–Kier alpha value is -1.06. The van der Waals surface area contributed by atoms with Gasteiger partial charge in [-0.05, 0) is 18.8 Å². The van der Waals surface area contributed by atoms with Crippen molar-refractivity contribution in [1.82, 2.24) is 0 Å². The van der Waals surface area contributed by atoms with E-state index in [1.807, 2.05) is 6.92 Å². The lowest BCUT2D eigenvalue weighted by molar-refractivity contribution is -0.141. The molecule has 0 aliphatic rings. The van der Waals surface area contributed by atoms with E-state index in [-0.39, 0.29) is 18.3 Å². The molecule has 0 aromatic carbocycles. The average Bonchev–Trinajstić information content (AvgIpc) is 2.11. The molecule has 0 heterocycles. The molecule has 4 nitrogen and oxygen atoms in total. The van der Waals surface area contributed by atoms with Gasteiger partial charge in [-0.1, -0.05) is 20.3 Å². The van der Waals surface area contributed by atoms with Crippen LogP contribution in [0.2, 0.25) is 0 Å². The summed E-state index contributed by atoms with van der Waals surface area (Å²) in [6.07, 6.45) is 2.11. The topological polar surface area (TPSA) is 74.6 Å². The molecule has 0 radical (unpaired) electrons. The molecule has 0 bridgehead atoms. The van der Waals surface area contributed by atoms with Gasteiger partial charge in [0.1, 0.15) is 0 Å².